The standard InChI is InChI=1S/C7H9BrO4/c1-6(2)11-4(9)7(3,8)5(10)12-6/h1-3H3. The molecular weight excluding hydrogens is 228 g/mol. The predicted molar refractivity (Wildman–Crippen MR) is 43.6 cm³/mol. The van der Waals surface area contributed by atoms with Crippen LogP contribution in [0.5, 0.6) is 0 Å². The van der Waals surface area contributed by atoms with Crippen LogP contribution in [-0.2, 0) is 19.1 Å². The summed E-state index contributed by atoms with van der Waals surface area (Å²) in [6.07, 6.45) is 0. The molecule has 0 radical (unpaired) electrons. The third kappa shape index (κ3) is 1.46. The van der Waals surface area contributed by atoms with E-state index >= 15 is 0 Å². The first-order valence-electron chi connectivity index (χ1n) is 3.41. The highest BCUT2D eigenvalue weighted by molar-refractivity contribution is 9.10. The second-order valence-corrected chi connectivity index (χ2v) is 4.77. The Kier molecular flexibility index (Phi) is 1.94. The minimum Gasteiger partial charge on any atom is -0.422 e. The van der Waals surface area contributed by atoms with E-state index in [0.717, 1.165) is 0 Å². The molecule has 0 spiro atoms. The Morgan fingerprint density at radius 1 is 1.08 bits per heavy atom. The van der Waals surface area contributed by atoms with Gasteiger partial charge < -0.3 is 9.47 Å². The molecule has 12 heavy (non-hydrogen) atoms. The maximum Gasteiger partial charge on any atom is 0.337 e. The minimum atomic E-state index is -1.36. The molecule has 0 amide bonds. The van der Waals surface area contributed by atoms with Gasteiger partial charge in [-0.2, -0.15) is 0 Å². The summed E-state index contributed by atoms with van der Waals surface area (Å²) >= 11 is 2.93. The molecule has 0 aromatic heterocycles. The van der Waals surface area contributed by atoms with Crippen molar-refractivity contribution in [2.24, 2.45) is 0 Å². The first kappa shape index (κ1) is 9.51. The van der Waals surface area contributed by atoms with E-state index in [-0.39, 0.29) is 0 Å². The number of carbonyl (C=O) groups excluding carboxylic acids is 2. The lowest BCUT2D eigenvalue weighted by atomic mass is 10.1. The van der Waals surface area contributed by atoms with Crippen LogP contribution in [0.4, 0.5) is 0 Å². The Hall–Kier alpha value is -0.580. The smallest absolute Gasteiger partial charge is 0.337 e. The zero-order valence-corrected chi connectivity index (χ0v) is 8.60. The van der Waals surface area contributed by atoms with Crippen LogP contribution in [0.15, 0.2) is 0 Å². The summed E-state index contributed by atoms with van der Waals surface area (Å²) in [4.78, 5) is 22.3. The molecule has 1 aliphatic heterocycles. The van der Waals surface area contributed by atoms with Crippen molar-refractivity contribution in [3.63, 3.8) is 0 Å². The van der Waals surface area contributed by atoms with E-state index in [1.54, 1.807) is 0 Å². The first-order valence-corrected chi connectivity index (χ1v) is 4.21. The Bertz CT molecular complexity index is 222. The maximum absolute atomic E-state index is 11.2. The average Bonchev–Trinajstić information content (AvgIpc) is 1.82. The highest BCUT2D eigenvalue weighted by atomic mass is 79.9. The molecule has 1 rings (SSSR count). The normalized spacial score (nSPS) is 26.0. The van der Waals surface area contributed by atoms with E-state index in [0.29, 0.717) is 0 Å². The molecule has 0 atom stereocenters. The van der Waals surface area contributed by atoms with Crippen LogP contribution in [-0.4, -0.2) is 22.0 Å². The topological polar surface area (TPSA) is 52.6 Å². The van der Waals surface area contributed by atoms with Crippen LogP contribution in [0.3, 0.4) is 0 Å². The molecule has 0 aromatic carbocycles. The third-order valence-electron chi connectivity index (χ3n) is 1.44. The molecule has 5 heteroatoms. The van der Waals surface area contributed by atoms with Crippen LogP contribution in [0.1, 0.15) is 20.8 Å². The fraction of sp³-hybridized carbons (Fsp3) is 0.714. The number of halogens is 1. The highest BCUT2D eigenvalue weighted by Gasteiger charge is 2.51. The monoisotopic (exact) mass is 236 g/mol. The molecule has 1 aliphatic rings. The molecule has 1 heterocycles. The first-order chi connectivity index (χ1) is 5.26. The van der Waals surface area contributed by atoms with Crippen LogP contribution >= 0.6 is 15.9 Å². The molecule has 1 saturated heterocycles. The van der Waals surface area contributed by atoms with E-state index in [2.05, 4.69) is 15.9 Å². The summed E-state index contributed by atoms with van der Waals surface area (Å²) in [5.74, 6) is -2.39. The van der Waals surface area contributed by atoms with Crippen molar-refractivity contribution in [1.82, 2.24) is 0 Å². The molecule has 1 fully saturated rings. The molecule has 0 aromatic rings. The van der Waals surface area contributed by atoms with Crippen molar-refractivity contribution in [3.8, 4) is 0 Å². The predicted octanol–water partition coefficient (Wildman–Crippen LogP) is 0.976. The van der Waals surface area contributed by atoms with Gasteiger partial charge in [-0.3, -0.25) is 0 Å². The second kappa shape index (κ2) is 2.45. The Labute approximate surface area is 78.3 Å². The van der Waals surface area contributed by atoms with Crippen LogP contribution in [0.2, 0.25) is 0 Å². The molecule has 68 valence electrons. The zero-order chi connectivity index (χ0) is 9.57. The Morgan fingerprint density at radius 3 is 1.75 bits per heavy atom. The maximum atomic E-state index is 11.2. The van der Waals surface area contributed by atoms with Gasteiger partial charge in [0.25, 0.3) is 5.79 Å². The summed E-state index contributed by atoms with van der Waals surface area (Å²) in [6, 6.07) is 0. The number of hydrogen-bond acceptors (Lipinski definition) is 4. The summed E-state index contributed by atoms with van der Waals surface area (Å²) in [5, 5.41) is 0. The van der Waals surface area contributed by atoms with Gasteiger partial charge in [0.15, 0.2) is 0 Å². The van der Waals surface area contributed by atoms with E-state index in [1.807, 2.05) is 0 Å². The van der Waals surface area contributed by atoms with Gasteiger partial charge in [0.2, 0.25) is 4.32 Å². The quantitative estimate of drug-likeness (QED) is 0.358. The highest BCUT2D eigenvalue weighted by Crippen LogP contribution is 2.31. The van der Waals surface area contributed by atoms with Gasteiger partial charge in [0, 0.05) is 13.8 Å². The summed E-state index contributed by atoms with van der Waals surface area (Å²) in [6.45, 7) is 4.41. The summed E-state index contributed by atoms with van der Waals surface area (Å²) < 4.78 is 8.30. The van der Waals surface area contributed by atoms with Crippen LogP contribution < -0.4 is 0 Å². The van der Waals surface area contributed by atoms with Crippen LogP contribution in [0.25, 0.3) is 0 Å². The molecular formula is C7H9BrO4. The lowest BCUT2D eigenvalue weighted by Gasteiger charge is -2.35. The molecule has 0 bridgehead atoms. The summed E-state index contributed by atoms with van der Waals surface area (Å²) in [5.41, 5.74) is 0. The van der Waals surface area contributed by atoms with E-state index in [4.69, 9.17) is 9.47 Å². The van der Waals surface area contributed by atoms with Crippen molar-refractivity contribution in [2.75, 3.05) is 0 Å². The van der Waals surface area contributed by atoms with Crippen molar-refractivity contribution in [2.45, 2.75) is 30.9 Å². The molecule has 4 nitrogen and oxygen atoms in total. The van der Waals surface area contributed by atoms with Gasteiger partial charge in [-0.15, -0.1) is 0 Å². The SMILES string of the molecule is CC1(C)OC(=O)C(C)(Br)C(=O)O1. The summed E-state index contributed by atoms with van der Waals surface area (Å²) in [7, 11) is 0. The van der Waals surface area contributed by atoms with Gasteiger partial charge in [0.05, 0.1) is 0 Å². The number of alkyl halides is 1. The van der Waals surface area contributed by atoms with Gasteiger partial charge in [-0.05, 0) is 6.92 Å². The molecule has 0 unspecified atom stereocenters. The van der Waals surface area contributed by atoms with E-state index in [1.165, 1.54) is 20.8 Å². The lowest BCUT2D eigenvalue weighted by molar-refractivity contribution is -0.235. The number of rotatable bonds is 0. The van der Waals surface area contributed by atoms with Crippen molar-refractivity contribution >= 4 is 27.9 Å². The van der Waals surface area contributed by atoms with E-state index < -0.39 is 22.0 Å². The number of cyclic esters (lactones) is 2. The minimum absolute atomic E-state index is 0.622. The van der Waals surface area contributed by atoms with E-state index in [9.17, 15) is 9.59 Å². The van der Waals surface area contributed by atoms with Crippen molar-refractivity contribution in [3.05, 3.63) is 0 Å². The zero-order valence-electron chi connectivity index (χ0n) is 7.01. The number of esters is 2. The Morgan fingerprint density at radius 2 is 1.42 bits per heavy atom. The van der Waals surface area contributed by atoms with Gasteiger partial charge in [-0.1, -0.05) is 15.9 Å². The molecule has 0 N–H and O–H groups in total. The average molecular weight is 237 g/mol. The molecule has 0 saturated carbocycles. The number of ether oxygens (including phenoxy) is 2. The number of hydrogen-bond donors (Lipinski definition) is 0. The fourth-order valence-corrected chi connectivity index (χ4v) is 0.904. The van der Waals surface area contributed by atoms with Crippen molar-refractivity contribution < 1.29 is 19.1 Å². The third-order valence-corrected chi connectivity index (χ3v) is 2.09. The second-order valence-electron chi connectivity index (χ2n) is 3.18. The largest absolute Gasteiger partial charge is 0.422 e. The van der Waals surface area contributed by atoms with Gasteiger partial charge in [-0.25, -0.2) is 9.59 Å². The Balaban J connectivity index is 2.93. The van der Waals surface area contributed by atoms with Crippen LogP contribution in [0, 0.1) is 0 Å². The fourth-order valence-electron chi connectivity index (χ4n) is 0.742. The molecule has 0 aliphatic carbocycles. The van der Waals surface area contributed by atoms with Crippen molar-refractivity contribution in [1.29, 1.82) is 0 Å². The number of carbonyl (C=O) groups is 2. The van der Waals surface area contributed by atoms with Gasteiger partial charge in [0.1, 0.15) is 0 Å². The van der Waals surface area contributed by atoms with Gasteiger partial charge >= 0.3 is 11.9 Å². The lowest BCUT2D eigenvalue weighted by Crippen LogP contribution is -2.53.